The van der Waals surface area contributed by atoms with E-state index in [0.29, 0.717) is 10.9 Å². The second-order valence-electron chi connectivity index (χ2n) is 4.84. The molecule has 0 fully saturated rings. The summed E-state index contributed by atoms with van der Waals surface area (Å²) in [6.07, 6.45) is 4.91. The van der Waals surface area contributed by atoms with Crippen LogP contribution in [0.25, 0.3) is 0 Å². The molecule has 0 amide bonds. The van der Waals surface area contributed by atoms with Gasteiger partial charge < -0.3 is 5.11 Å². The van der Waals surface area contributed by atoms with E-state index in [4.69, 9.17) is 5.11 Å². The maximum absolute atomic E-state index is 10.9. The molecule has 0 atom stereocenters. The van der Waals surface area contributed by atoms with E-state index in [2.05, 4.69) is 28.2 Å². The summed E-state index contributed by atoms with van der Waals surface area (Å²) < 4.78 is 0. The number of aryl methyl sites for hydroxylation is 3. The third-order valence-electron chi connectivity index (χ3n) is 3.47. The van der Waals surface area contributed by atoms with Gasteiger partial charge in [0.2, 0.25) is 0 Å². The fourth-order valence-corrected chi connectivity index (χ4v) is 3.26. The average molecular weight is 286 g/mol. The SMILES string of the molecule is Cc1nc(Sc2ccc3c(c2)CCC3)ncc1C(=O)O. The van der Waals surface area contributed by atoms with Gasteiger partial charge in [-0.15, -0.1) is 0 Å². The van der Waals surface area contributed by atoms with Gasteiger partial charge in [0.1, 0.15) is 0 Å². The molecule has 1 aliphatic rings. The van der Waals surface area contributed by atoms with Crippen molar-refractivity contribution in [1.29, 1.82) is 0 Å². The number of rotatable bonds is 3. The van der Waals surface area contributed by atoms with E-state index in [0.717, 1.165) is 11.3 Å². The standard InChI is InChI=1S/C15H14N2O2S/c1-9-13(14(18)19)8-16-15(17-9)20-12-6-5-10-3-2-4-11(10)7-12/h5-8H,2-4H2,1H3,(H,18,19). The number of aromatic carboxylic acids is 1. The minimum Gasteiger partial charge on any atom is -0.478 e. The first kappa shape index (κ1) is 13.1. The predicted octanol–water partition coefficient (Wildman–Crippen LogP) is 3.12. The molecule has 1 heterocycles. The number of hydrogen-bond donors (Lipinski definition) is 1. The summed E-state index contributed by atoms with van der Waals surface area (Å²) in [5.41, 5.74) is 3.50. The molecule has 0 spiro atoms. The maximum atomic E-state index is 10.9. The van der Waals surface area contributed by atoms with Gasteiger partial charge in [0.25, 0.3) is 0 Å². The molecule has 20 heavy (non-hydrogen) atoms. The fourth-order valence-electron chi connectivity index (χ4n) is 2.42. The third kappa shape index (κ3) is 2.54. The van der Waals surface area contributed by atoms with Crippen molar-refractivity contribution in [2.45, 2.75) is 36.2 Å². The van der Waals surface area contributed by atoms with Gasteiger partial charge in [0.15, 0.2) is 5.16 Å². The summed E-state index contributed by atoms with van der Waals surface area (Å²) in [5, 5.41) is 9.55. The Morgan fingerprint density at radius 3 is 2.85 bits per heavy atom. The predicted molar refractivity (Wildman–Crippen MR) is 76.3 cm³/mol. The lowest BCUT2D eigenvalue weighted by Crippen LogP contribution is -2.03. The van der Waals surface area contributed by atoms with Gasteiger partial charge in [-0.25, -0.2) is 14.8 Å². The lowest BCUT2D eigenvalue weighted by atomic mass is 10.1. The molecular formula is C15H14N2O2S. The van der Waals surface area contributed by atoms with Crippen LogP contribution in [0.15, 0.2) is 34.4 Å². The molecule has 1 N–H and O–H groups in total. The first-order valence-corrected chi connectivity index (χ1v) is 7.32. The number of hydrogen-bond acceptors (Lipinski definition) is 4. The van der Waals surface area contributed by atoms with Crippen LogP contribution in [-0.4, -0.2) is 21.0 Å². The summed E-state index contributed by atoms with van der Waals surface area (Å²) in [5.74, 6) is -0.989. The Bertz CT molecular complexity index is 686. The van der Waals surface area contributed by atoms with Gasteiger partial charge >= 0.3 is 5.97 Å². The Hall–Kier alpha value is -1.88. The van der Waals surface area contributed by atoms with E-state index >= 15 is 0 Å². The van der Waals surface area contributed by atoms with Crippen molar-refractivity contribution in [2.75, 3.05) is 0 Å². The molecule has 102 valence electrons. The van der Waals surface area contributed by atoms with Crippen LogP contribution in [0.4, 0.5) is 0 Å². The van der Waals surface area contributed by atoms with Crippen LogP contribution >= 0.6 is 11.8 Å². The van der Waals surface area contributed by atoms with Crippen molar-refractivity contribution in [3.8, 4) is 0 Å². The van der Waals surface area contributed by atoms with E-state index in [1.54, 1.807) is 6.92 Å². The molecule has 1 aliphatic carbocycles. The zero-order chi connectivity index (χ0) is 14.1. The highest BCUT2D eigenvalue weighted by atomic mass is 32.2. The average Bonchev–Trinajstić information content (AvgIpc) is 2.85. The molecular weight excluding hydrogens is 272 g/mol. The van der Waals surface area contributed by atoms with Crippen LogP contribution < -0.4 is 0 Å². The minimum atomic E-state index is -0.989. The van der Waals surface area contributed by atoms with Crippen LogP contribution in [0, 0.1) is 6.92 Å². The summed E-state index contributed by atoms with van der Waals surface area (Å²) in [6.45, 7) is 1.69. The van der Waals surface area contributed by atoms with Crippen LogP contribution in [-0.2, 0) is 12.8 Å². The first-order valence-electron chi connectivity index (χ1n) is 6.50. The summed E-state index contributed by atoms with van der Waals surface area (Å²) in [6, 6.07) is 6.44. The smallest absolute Gasteiger partial charge is 0.339 e. The van der Waals surface area contributed by atoms with E-state index in [1.165, 1.54) is 41.9 Å². The van der Waals surface area contributed by atoms with Gasteiger partial charge in [0.05, 0.1) is 11.3 Å². The van der Waals surface area contributed by atoms with Crippen molar-refractivity contribution < 1.29 is 9.90 Å². The van der Waals surface area contributed by atoms with Gasteiger partial charge in [0, 0.05) is 11.1 Å². The molecule has 0 saturated heterocycles. The molecule has 1 aromatic heterocycles. The lowest BCUT2D eigenvalue weighted by Gasteiger charge is -2.05. The number of carbonyl (C=O) groups is 1. The number of benzene rings is 1. The zero-order valence-electron chi connectivity index (χ0n) is 11.1. The van der Waals surface area contributed by atoms with Crippen molar-refractivity contribution in [2.24, 2.45) is 0 Å². The number of carboxylic acid groups (broad SMARTS) is 1. The highest BCUT2D eigenvalue weighted by molar-refractivity contribution is 7.99. The quantitative estimate of drug-likeness (QED) is 0.878. The van der Waals surface area contributed by atoms with Crippen LogP contribution in [0.5, 0.6) is 0 Å². The summed E-state index contributed by atoms with van der Waals surface area (Å²) in [4.78, 5) is 20.4. The second kappa shape index (κ2) is 5.25. The third-order valence-corrected chi connectivity index (χ3v) is 4.34. The maximum Gasteiger partial charge on any atom is 0.339 e. The molecule has 3 rings (SSSR count). The largest absolute Gasteiger partial charge is 0.478 e. The highest BCUT2D eigenvalue weighted by Crippen LogP contribution is 2.30. The molecule has 5 heteroatoms. The summed E-state index contributed by atoms with van der Waals surface area (Å²) >= 11 is 1.47. The number of nitrogens with zero attached hydrogens (tertiary/aromatic N) is 2. The highest BCUT2D eigenvalue weighted by Gasteiger charge is 2.13. The Balaban J connectivity index is 1.84. The molecule has 1 aromatic carbocycles. The molecule has 2 aromatic rings. The first-order chi connectivity index (χ1) is 9.63. The van der Waals surface area contributed by atoms with Crippen molar-refractivity contribution in [1.82, 2.24) is 9.97 Å². The van der Waals surface area contributed by atoms with Crippen molar-refractivity contribution in [3.05, 3.63) is 46.8 Å². The number of carboxylic acids is 1. The molecule has 0 unspecified atom stereocenters. The van der Waals surface area contributed by atoms with Crippen LogP contribution in [0.1, 0.15) is 33.6 Å². The monoisotopic (exact) mass is 286 g/mol. The normalized spacial score (nSPS) is 13.2. The van der Waals surface area contributed by atoms with Gasteiger partial charge in [-0.05, 0) is 61.2 Å². The van der Waals surface area contributed by atoms with Crippen molar-refractivity contribution in [3.63, 3.8) is 0 Å². The van der Waals surface area contributed by atoms with E-state index in [9.17, 15) is 4.79 Å². The molecule has 0 bridgehead atoms. The van der Waals surface area contributed by atoms with Crippen molar-refractivity contribution >= 4 is 17.7 Å². The van der Waals surface area contributed by atoms with Gasteiger partial charge in [-0.3, -0.25) is 0 Å². The number of aromatic nitrogens is 2. The lowest BCUT2D eigenvalue weighted by molar-refractivity contribution is 0.0695. The van der Waals surface area contributed by atoms with E-state index < -0.39 is 5.97 Å². The Labute approximate surface area is 121 Å². The van der Waals surface area contributed by atoms with Gasteiger partial charge in [-0.1, -0.05) is 6.07 Å². The van der Waals surface area contributed by atoms with Crippen LogP contribution in [0.2, 0.25) is 0 Å². The summed E-state index contributed by atoms with van der Waals surface area (Å²) in [7, 11) is 0. The fraction of sp³-hybridized carbons (Fsp3) is 0.267. The molecule has 0 aliphatic heterocycles. The van der Waals surface area contributed by atoms with E-state index in [1.807, 2.05) is 0 Å². The molecule has 0 saturated carbocycles. The zero-order valence-corrected chi connectivity index (χ0v) is 11.9. The Morgan fingerprint density at radius 2 is 2.10 bits per heavy atom. The Morgan fingerprint density at radius 1 is 1.30 bits per heavy atom. The molecule has 4 nitrogen and oxygen atoms in total. The molecule has 0 radical (unpaired) electrons. The second-order valence-corrected chi connectivity index (χ2v) is 5.88. The van der Waals surface area contributed by atoms with E-state index in [-0.39, 0.29) is 5.56 Å². The minimum absolute atomic E-state index is 0.156. The number of fused-ring (bicyclic) bond motifs is 1. The Kier molecular flexibility index (Phi) is 3.44. The van der Waals surface area contributed by atoms with Gasteiger partial charge in [-0.2, -0.15) is 0 Å². The topological polar surface area (TPSA) is 63.1 Å². The van der Waals surface area contributed by atoms with Crippen LogP contribution in [0.3, 0.4) is 0 Å².